The van der Waals surface area contributed by atoms with Gasteiger partial charge in [0.15, 0.2) is 0 Å². The predicted molar refractivity (Wildman–Crippen MR) is 43.2 cm³/mol. The van der Waals surface area contributed by atoms with Crippen molar-refractivity contribution in [2.45, 2.75) is 18.9 Å². The van der Waals surface area contributed by atoms with Crippen LogP contribution < -0.4 is 5.73 Å². The predicted octanol–water partition coefficient (Wildman–Crippen LogP) is -2.21. The van der Waals surface area contributed by atoms with Gasteiger partial charge in [-0.25, -0.2) is 0 Å². The molecule has 12 heavy (non-hydrogen) atoms. The van der Waals surface area contributed by atoms with Crippen molar-refractivity contribution in [3.8, 4) is 0 Å². The molecule has 6 N–H and O–H groups in total. The monoisotopic (exact) mass is 189 g/mol. The summed E-state index contributed by atoms with van der Waals surface area (Å²) in [6.45, 7) is 0. The van der Waals surface area contributed by atoms with Crippen LogP contribution in [0.4, 0.5) is 0 Å². The van der Waals surface area contributed by atoms with Gasteiger partial charge in [-0.3, -0.25) is 9.59 Å². The van der Waals surface area contributed by atoms with Gasteiger partial charge in [-0.15, -0.1) is 0 Å². The first-order chi connectivity index (χ1) is 4.54. The summed E-state index contributed by atoms with van der Waals surface area (Å²) in [6, 6.07) is -1.06. The topological polar surface area (TPSA) is 132 Å². The van der Waals surface area contributed by atoms with Gasteiger partial charge in [0, 0.05) is 6.42 Å². The van der Waals surface area contributed by atoms with Crippen molar-refractivity contribution < 1.29 is 25.3 Å². The number of carbonyl (C=O) groups is 2. The van der Waals surface area contributed by atoms with Crippen molar-refractivity contribution in [2.24, 2.45) is 5.73 Å². The summed E-state index contributed by atoms with van der Waals surface area (Å²) < 4.78 is 0. The van der Waals surface area contributed by atoms with Gasteiger partial charge in [0.25, 0.3) is 0 Å². The maximum atomic E-state index is 9.99. The normalized spacial score (nSPS) is 10.4. The number of carboxylic acid groups (broad SMARTS) is 2. The first-order valence-corrected chi connectivity index (χ1v) is 2.74. The molecular formula is C5H12NNaO5. The number of nitrogens with two attached hydrogens (primary N) is 1. The van der Waals surface area contributed by atoms with E-state index in [1.807, 2.05) is 0 Å². The maximum absolute atomic E-state index is 9.99. The molecule has 0 fully saturated rings. The Labute approximate surface area is 91.3 Å². The van der Waals surface area contributed by atoms with Crippen LogP contribution in [0.25, 0.3) is 0 Å². The zero-order valence-corrected chi connectivity index (χ0v) is 5.78. The van der Waals surface area contributed by atoms with Gasteiger partial charge in [-0.2, -0.15) is 0 Å². The van der Waals surface area contributed by atoms with Gasteiger partial charge in [0.05, 0.1) is 0 Å². The summed E-state index contributed by atoms with van der Waals surface area (Å²) in [5.74, 6) is -2.20. The Morgan fingerprint density at radius 1 is 1.33 bits per heavy atom. The van der Waals surface area contributed by atoms with Gasteiger partial charge in [0.1, 0.15) is 6.04 Å². The van der Waals surface area contributed by atoms with E-state index in [2.05, 4.69) is 0 Å². The number of aliphatic carboxylic acids is 2. The van der Waals surface area contributed by atoms with Crippen molar-refractivity contribution in [1.29, 1.82) is 0 Å². The molecular weight excluding hydrogens is 177 g/mol. The van der Waals surface area contributed by atoms with Crippen LogP contribution in [0, 0.1) is 0 Å². The first-order valence-electron chi connectivity index (χ1n) is 2.74. The van der Waals surface area contributed by atoms with Crippen LogP contribution in [0.5, 0.6) is 0 Å². The van der Waals surface area contributed by atoms with Gasteiger partial charge < -0.3 is 21.4 Å². The molecule has 0 aliphatic rings. The molecule has 1 atom stereocenters. The third kappa shape index (κ3) is 9.86. The average molecular weight is 189 g/mol. The molecule has 1 unspecified atom stereocenters. The Morgan fingerprint density at radius 2 is 1.75 bits per heavy atom. The Morgan fingerprint density at radius 3 is 2.00 bits per heavy atom. The fourth-order valence-electron chi connectivity index (χ4n) is 0.402. The van der Waals surface area contributed by atoms with Gasteiger partial charge in [0.2, 0.25) is 0 Å². The third-order valence-corrected chi connectivity index (χ3v) is 0.986. The van der Waals surface area contributed by atoms with Crippen LogP contribution in [0.15, 0.2) is 0 Å². The number of hydrogen-bond acceptors (Lipinski definition) is 3. The fourth-order valence-corrected chi connectivity index (χ4v) is 0.402. The van der Waals surface area contributed by atoms with Crippen LogP contribution in [-0.2, 0) is 9.59 Å². The summed E-state index contributed by atoms with van der Waals surface area (Å²) in [7, 11) is 0. The Hall–Kier alpha value is -0.140. The van der Waals surface area contributed by atoms with Crippen molar-refractivity contribution in [2.75, 3.05) is 0 Å². The molecule has 68 valence electrons. The fraction of sp³-hybridized carbons (Fsp3) is 0.600. The van der Waals surface area contributed by atoms with E-state index in [1.54, 1.807) is 0 Å². The zero-order valence-electron chi connectivity index (χ0n) is 5.78. The van der Waals surface area contributed by atoms with E-state index >= 15 is 0 Å². The van der Waals surface area contributed by atoms with Crippen LogP contribution >= 0.6 is 0 Å². The molecule has 0 aliphatic carbocycles. The molecule has 0 bridgehead atoms. The standard InChI is InChI=1S/C5H9NO4.Na.H2O.H/c6-3(5(9)10)1-2-4(7)8;;;/h3H,1-2,6H2,(H,7,8)(H,9,10);;1H2;. The molecule has 0 aromatic heterocycles. The van der Waals surface area contributed by atoms with Crippen molar-refractivity contribution in [3.63, 3.8) is 0 Å². The van der Waals surface area contributed by atoms with Gasteiger partial charge in [-0.05, 0) is 6.42 Å². The Kier molecular flexibility index (Phi) is 13.3. The van der Waals surface area contributed by atoms with Crippen LogP contribution in [-0.4, -0.2) is 63.2 Å². The second-order valence-corrected chi connectivity index (χ2v) is 1.88. The summed E-state index contributed by atoms with van der Waals surface area (Å²) in [4.78, 5) is 19.9. The average Bonchev–Trinajstić information content (AvgIpc) is 1.82. The van der Waals surface area contributed by atoms with E-state index in [0.29, 0.717) is 0 Å². The van der Waals surface area contributed by atoms with Crippen LogP contribution in [0.3, 0.4) is 0 Å². The van der Waals surface area contributed by atoms with Crippen LogP contribution in [0.1, 0.15) is 12.8 Å². The van der Waals surface area contributed by atoms with E-state index in [9.17, 15) is 9.59 Å². The zero-order chi connectivity index (χ0) is 8.15. The summed E-state index contributed by atoms with van der Waals surface area (Å²) >= 11 is 0. The van der Waals surface area contributed by atoms with Crippen molar-refractivity contribution in [1.82, 2.24) is 0 Å². The molecule has 0 radical (unpaired) electrons. The molecule has 0 saturated carbocycles. The SMILES string of the molecule is NC(CCC(=O)O)C(=O)O.O.[NaH]. The van der Waals surface area contributed by atoms with Gasteiger partial charge in [-0.1, -0.05) is 0 Å². The van der Waals surface area contributed by atoms with E-state index in [-0.39, 0.29) is 47.9 Å². The second kappa shape index (κ2) is 8.95. The molecule has 0 heterocycles. The molecule has 6 nitrogen and oxygen atoms in total. The van der Waals surface area contributed by atoms with E-state index in [1.165, 1.54) is 0 Å². The molecule has 0 amide bonds. The molecule has 0 aromatic rings. The summed E-state index contributed by atoms with van der Waals surface area (Å²) in [6.07, 6.45) is -0.224. The number of rotatable bonds is 4. The summed E-state index contributed by atoms with van der Waals surface area (Å²) in [5.41, 5.74) is 5.00. The van der Waals surface area contributed by atoms with Crippen LogP contribution in [0.2, 0.25) is 0 Å². The van der Waals surface area contributed by atoms with E-state index in [0.717, 1.165) is 0 Å². The molecule has 0 spiro atoms. The molecule has 0 aromatic carbocycles. The second-order valence-electron chi connectivity index (χ2n) is 1.88. The minimum atomic E-state index is -1.17. The quantitative estimate of drug-likeness (QED) is 0.431. The van der Waals surface area contributed by atoms with Crippen molar-refractivity contribution in [3.05, 3.63) is 0 Å². The van der Waals surface area contributed by atoms with Crippen molar-refractivity contribution >= 4 is 41.5 Å². The first kappa shape index (κ1) is 17.8. The van der Waals surface area contributed by atoms with Gasteiger partial charge >= 0.3 is 41.5 Å². The molecule has 0 rings (SSSR count). The number of hydrogen-bond donors (Lipinski definition) is 3. The Bertz CT molecular complexity index is 151. The molecule has 0 aliphatic heterocycles. The third-order valence-electron chi connectivity index (χ3n) is 0.986. The minimum absolute atomic E-state index is 0. The molecule has 0 saturated heterocycles. The Balaban J connectivity index is -0.000000405. The van der Waals surface area contributed by atoms with E-state index < -0.39 is 18.0 Å². The summed E-state index contributed by atoms with van der Waals surface area (Å²) in [5, 5.41) is 16.3. The van der Waals surface area contributed by atoms with E-state index in [4.69, 9.17) is 15.9 Å². The molecule has 7 heteroatoms. The number of carboxylic acids is 2.